The first-order valence-corrected chi connectivity index (χ1v) is 11.8. The van der Waals surface area contributed by atoms with Gasteiger partial charge in [0, 0.05) is 17.0 Å². The second kappa shape index (κ2) is 8.93. The van der Waals surface area contributed by atoms with E-state index in [-0.39, 0.29) is 23.8 Å². The molecule has 1 aromatic carbocycles. The highest BCUT2D eigenvalue weighted by Crippen LogP contribution is 2.58. The van der Waals surface area contributed by atoms with Crippen molar-refractivity contribution in [2.45, 2.75) is 71.6 Å². The Labute approximate surface area is 192 Å². The van der Waals surface area contributed by atoms with Crippen LogP contribution in [0.15, 0.2) is 21.8 Å². The minimum absolute atomic E-state index is 0.0757. The van der Waals surface area contributed by atoms with E-state index in [2.05, 4.69) is 59.3 Å². The van der Waals surface area contributed by atoms with Crippen molar-refractivity contribution in [3.63, 3.8) is 0 Å². The molecule has 6 nitrogen and oxygen atoms in total. The lowest BCUT2D eigenvalue weighted by molar-refractivity contribution is -0.156. The van der Waals surface area contributed by atoms with Crippen LogP contribution in [-0.4, -0.2) is 35.8 Å². The number of hydrogen-bond acceptors (Lipinski definition) is 4. The van der Waals surface area contributed by atoms with Gasteiger partial charge >= 0.3 is 5.97 Å². The summed E-state index contributed by atoms with van der Waals surface area (Å²) in [6.07, 6.45) is 3.07. The largest absolute Gasteiger partial charge is 0.481 e. The quantitative estimate of drug-likeness (QED) is 0.432. The number of fused-ring (bicyclic) bond motifs is 3. The smallest absolute Gasteiger partial charge is 0.309 e. The Hall–Kier alpha value is -1.89. The molecule has 3 rings (SSSR count). The number of aliphatic carboxylic acids is 1. The summed E-state index contributed by atoms with van der Waals surface area (Å²) in [5.74, 6) is -0.590. The highest BCUT2D eigenvalue weighted by atomic mass is 79.9. The Balaban J connectivity index is 2.08. The normalized spacial score (nSPS) is 28.7. The van der Waals surface area contributed by atoms with Crippen LogP contribution in [0.3, 0.4) is 0 Å². The molecule has 0 spiro atoms. The number of rotatable bonds is 6. The van der Waals surface area contributed by atoms with Crippen molar-refractivity contribution in [2.24, 2.45) is 16.5 Å². The number of hydrogen-bond donors (Lipinski definition) is 2. The van der Waals surface area contributed by atoms with E-state index >= 15 is 0 Å². The molecule has 0 saturated heterocycles. The number of benzene rings is 1. The highest BCUT2D eigenvalue weighted by Gasteiger charge is 2.56. The Kier molecular flexibility index (Phi) is 6.84. The molecule has 0 bridgehead atoms. The van der Waals surface area contributed by atoms with Gasteiger partial charge in [-0.25, -0.2) is 0 Å². The molecule has 0 radical (unpaired) electrons. The maximum Gasteiger partial charge on any atom is 0.309 e. The van der Waals surface area contributed by atoms with Gasteiger partial charge in [0.1, 0.15) is 6.61 Å². The molecule has 0 heterocycles. The highest BCUT2D eigenvalue weighted by molar-refractivity contribution is 9.10. The number of oxime groups is 1. The van der Waals surface area contributed by atoms with Crippen LogP contribution >= 0.6 is 15.9 Å². The van der Waals surface area contributed by atoms with Crippen molar-refractivity contribution in [3.05, 3.63) is 33.3 Å². The van der Waals surface area contributed by atoms with E-state index in [9.17, 15) is 14.7 Å². The van der Waals surface area contributed by atoms with E-state index in [4.69, 9.17) is 4.84 Å². The first-order valence-electron chi connectivity index (χ1n) is 11.0. The summed E-state index contributed by atoms with van der Waals surface area (Å²) in [4.78, 5) is 29.0. The van der Waals surface area contributed by atoms with Gasteiger partial charge in [0.05, 0.1) is 17.7 Å². The summed E-state index contributed by atoms with van der Waals surface area (Å²) in [6.45, 7) is 10.5. The molecule has 3 atom stereocenters. The summed E-state index contributed by atoms with van der Waals surface area (Å²) < 4.78 is 1.05. The SMILES string of the molecule is CC(=O)NCCO/N=C1\C[C@H]2[C@](C)(C(=O)O)CCC[C@]2(C)c2cc(Br)c(C(C)C)cc21. The van der Waals surface area contributed by atoms with Gasteiger partial charge in [0.15, 0.2) is 0 Å². The predicted molar refractivity (Wildman–Crippen MR) is 124 cm³/mol. The summed E-state index contributed by atoms with van der Waals surface area (Å²) in [5.41, 5.74) is 3.14. The number of amides is 1. The van der Waals surface area contributed by atoms with Crippen LogP contribution in [0.5, 0.6) is 0 Å². The second-order valence-electron chi connectivity index (χ2n) is 9.68. The summed E-state index contributed by atoms with van der Waals surface area (Å²) >= 11 is 3.75. The number of carboxylic acids is 1. The fourth-order valence-corrected chi connectivity index (χ4v) is 6.23. The number of carbonyl (C=O) groups excluding carboxylic acids is 1. The maximum atomic E-state index is 12.3. The van der Waals surface area contributed by atoms with Crippen LogP contribution in [0.2, 0.25) is 0 Å². The van der Waals surface area contributed by atoms with Crippen LogP contribution in [0.25, 0.3) is 0 Å². The molecule has 1 saturated carbocycles. The zero-order valence-corrected chi connectivity index (χ0v) is 20.6. The van der Waals surface area contributed by atoms with Crippen molar-refractivity contribution in [2.75, 3.05) is 13.2 Å². The molecule has 1 amide bonds. The van der Waals surface area contributed by atoms with Gasteiger partial charge < -0.3 is 15.3 Å². The molecule has 1 fully saturated rings. The van der Waals surface area contributed by atoms with Gasteiger partial charge in [0.25, 0.3) is 0 Å². The van der Waals surface area contributed by atoms with E-state index in [1.165, 1.54) is 12.5 Å². The molecule has 0 aromatic heterocycles. The van der Waals surface area contributed by atoms with Crippen molar-refractivity contribution >= 4 is 33.5 Å². The fourth-order valence-electron chi connectivity index (χ4n) is 5.43. The average Bonchev–Trinajstić information content (AvgIpc) is 2.68. The average molecular weight is 493 g/mol. The zero-order chi connectivity index (χ0) is 23.0. The Bertz CT molecular complexity index is 913. The van der Waals surface area contributed by atoms with E-state index in [1.54, 1.807) is 0 Å². The lowest BCUT2D eigenvalue weighted by atomic mass is 9.49. The first kappa shape index (κ1) is 23.8. The van der Waals surface area contributed by atoms with Crippen molar-refractivity contribution < 1.29 is 19.5 Å². The van der Waals surface area contributed by atoms with Gasteiger partial charge in [0.2, 0.25) is 5.91 Å². The van der Waals surface area contributed by atoms with Crippen LogP contribution in [0, 0.1) is 11.3 Å². The maximum absolute atomic E-state index is 12.3. The lowest BCUT2D eigenvalue weighted by Gasteiger charge is -2.53. The summed E-state index contributed by atoms with van der Waals surface area (Å²) in [6, 6.07) is 4.37. The molecule has 170 valence electrons. The number of carbonyl (C=O) groups is 2. The third-order valence-electron chi connectivity index (χ3n) is 7.24. The third kappa shape index (κ3) is 4.38. The monoisotopic (exact) mass is 492 g/mol. The van der Waals surface area contributed by atoms with E-state index in [1.807, 2.05) is 6.92 Å². The van der Waals surface area contributed by atoms with Gasteiger partial charge in [-0.15, -0.1) is 0 Å². The Morgan fingerprint density at radius 3 is 2.65 bits per heavy atom. The van der Waals surface area contributed by atoms with Gasteiger partial charge in [-0.2, -0.15) is 0 Å². The molecular formula is C24H33BrN2O4. The summed E-state index contributed by atoms with van der Waals surface area (Å²) in [7, 11) is 0. The molecule has 2 N–H and O–H groups in total. The zero-order valence-electron chi connectivity index (χ0n) is 19.0. The Morgan fingerprint density at radius 2 is 2.03 bits per heavy atom. The molecule has 2 aliphatic carbocycles. The topological polar surface area (TPSA) is 88.0 Å². The Morgan fingerprint density at radius 1 is 1.32 bits per heavy atom. The first-order chi connectivity index (χ1) is 14.5. The van der Waals surface area contributed by atoms with Gasteiger partial charge in [-0.05, 0) is 66.7 Å². The molecule has 31 heavy (non-hydrogen) atoms. The third-order valence-corrected chi connectivity index (χ3v) is 7.93. The van der Waals surface area contributed by atoms with Crippen molar-refractivity contribution in [3.8, 4) is 0 Å². The molecule has 2 aliphatic rings. The minimum Gasteiger partial charge on any atom is -0.481 e. The molecule has 1 aromatic rings. The molecule has 7 heteroatoms. The fraction of sp³-hybridized carbons (Fsp3) is 0.625. The number of nitrogens with zero attached hydrogens (tertiary/aromatic N) is 1. The number of carboxylic acid groups (broad SMARTS) is 1. The van der Waals surface area contributed by atoms with Crippen LogP contribution in [-0.2, 0) is 19.8 Å². The predicted octanol–water partition coefficient (Wildman–Crippen LogP) is 4.98. The van der Waals surface area contributed by atoms with Crippen LogP contribution < -0.4 is 5.32 Å². The van der Waals surface area contributed by atoms with Gasteiger partial charge in [-0.3, -0.25) is 9.59 Å². The van der Waals surface area contributed by atoms with Crippen LogP contribution in [0.1, 0.15) is 82.9 Å². The second-order valence-corrected chi connectivity index (χ2v) is 10.5. The van der Waals surface area contributed by atoms with Crippen molar-refractivity contribution in [1.82, 2.24) is 5.32 Å². The minimum atomic E-state index is -0.815. The van der Waals surface area contributed by atoms with Gasteiger partial charge in [-0.1, -0.05) is 48.3 Å². The molecule has 0 unspecified atom stereocenters. The van der Waals surface area contributed by atoms with Crippen molar-refractivity contribution in [1.29, 1.82) is 0 Å². The van der Waals surface area contributed by atoms with Crippen LogP contribution in [0.4, 0.5) is 0 Å². The number of nitrogens with one attached hydrogen (secondary N) is 1. The summed E-state index contributed by atoms with van der Waals surface area (Å²) in [5, 5.41) is 17.3. The molecule has 0 aliphatic heterocycles. The molecular weight excluding hydrogens is 460 g/mol. The van der Waals surface area contributed by atoms with E-state index < -0.39 is 11.4 Å². The van der Waals surface area contributed by atoms with E-state index in [0.29, 0.717) is 25.3 Å². The van der Waals surface area contributed by atoms with E-state index in [0.717, 1.165) is 34.2 Å². The standard InChI is InChI=1S/C24H33BrN2O4/c1-14(2)16-11-17-18(12-19(16)25)23(4)7-6-8-24(5,22(29)30)21(23)13-20(17)27-31-10-9-26-15(3)28/h11-12,14,21H,6-10,13H2,1-5H3,(H,26,28)(H,29,30)/b27-20+/t21-,23-,24-/m1/s1. The lowest BCUT2D eigenvalue weighted by Crippen LogP contribution is -2.53. The number of halogens is 1.